The van der Waals surface area contributed by atoms with Crippen LogP contribution >= 0.6 is 0 Å². The summed E-state index contributed by atoms with van der Waals surface area (Å²) in [5.74, 6) is 1.09. The van der Waals surface area contributed by atoms with Crippen molar-refractivity contribution in [3.63, 3.8) is 0 Å². The Balaban J connectivity index is 1.84. The van der Waals surface area contributed by atoms with Gasteiger partial charge in [0, 0.05) is 19.7 Å². The zero-order chi connectivity index (χ0) is 11.4. The maximum Gasteiger partial charge on any atom is 0.141 e. The zero-order valence-electron chi connectivity index (χ0n) is 9.34. The number of nitrogens with zero attached hydrogens (tertiary/aromatic N) is 3. The number of hydrogen-bond acceptors (Lipinski definition) is 5. The van der Waals surface area contributed by atoms with Crippen molar-refractivity contribution in [1.29, 1.82) is 0 Å². The summed E-state index contributed by atoms with van der Waals surface area (Å²) >= 11 is 0. The van der Waals surface area contributed by atoms with E-state index in [1.165, 1.54) is 6.42 Å². The number of hydrogen-bond donors (Lipinski definition) is 2. The normalized spacial score (nSPS) is 21.4. The predicted molar refractivity (Wildman–Crippen MR) is 61.5 cm³/mol. The van der Waals surface area contributed by atoms with Crippen LogP contribution in [0.2, 0.25) is 0 Å². The fourth-order valence-corrected chi connectivity index (χ4v) is 2.15. The summed E-state index contributed by atoms with van der Waals surface area (Å²) in [4.78, 5) is 10.6. The molecule has 1 aromatic heterocycles. The number of nitrogens with two attached hydrogens (primary N) is 1. The first-order valence-corrected chi connectivity index (χ1v) is 5.67. The van der Waals surface area contributed by atoms with E-state index in [0.29, 0.717) is 18.3 Å². The summed E-state index contributed by atoms with van der Waals surface area (Å²) in [6.45, 7) is 3.25. The van der Waals surface area contributed by atoms with Crippen LogP contribution in [0.1, 0.15) is 18.5 Å². The van der Waals surface area contributed by atoms with Gasteiger partial charge in [-0.2, -0.15) is 0 Å². The van der Waals surface area contributed by atoms with E-state index in [-0.39, 0.29) is 0 Å². The van der Waals surface area contributed by atoms with Crippen molar-refractivity contribution in [1.82, 2.24) is 14.9 Å². The van der Waals surface area contributed by atoms with E-state index in [9.17, 15) is 0 Å². The van der Waals surface area contributed by atoms with Gasteiger partial charge in [0.25, 0.3) is 0 Å². The quantitative estimate of drug-likeness (QED) is 0.764. The second-order valence-corrected chi connectivity index (χ2v) is 4.33. The van der Waals surface area contributed by atoms with E-state index in [1.54, 1.807) is 12.4 Å². The molecule has 16 heavy (non-hydrogen) atoms. The summed E-state index contributed by atoms with van der Waals surface area (Å²) in [7, 11) is 0. The molecule has 1 aromatic rings. The van der Waals surface area contributed by atoms with Crippen LogP contribution in [0.3, 0.4) is 0 Å². The van der Waals surface area contributed by atoms with Crippen LogP contribution < -0.4 is 5.73 Å². The average molecular weight is 222 g/mol. The van der Waals surface area contributed by atoms with Gasteiger partial charge in [-0.3, -0.25) is 9.88 Å². The molecule has 1 unspecified atom stereocenters. The summed E-state index contributed by atoms with van der Waals surface area (Å²) in [5.41, 5.74) is 6.44. The van der Waals surface area contributed by atoms with Gasteiger partial charge in [-0.05, 0) is 25.3 Å². The molecule has 5 heteroatoms. The minimum atomic E-state index is 0.292. The van der Waals surface area contributed by atoms with Crippen LogP contribution in [0, 0.1) is 5.92 Å². The molecular formula is C11H18N4O. The Bertz CT molecular complexity index is 327. The molecule has 0 saturated carbocycles. The number of aromatic nitrogens is 2. The van der Waals surface area contributed by atoms with Crippen LogP contribution in [0.25, 0.3) is 0 Å². The summed E-state index contributed by atoms with van der Waals surface area (Å²) in [6.07, 6.45) is 5.40. The van der Waals surface area contributed by atoms with Crippen LogP contribution in [0.5, 0.6) is 0 Å². The highest BCUT2D eigenvalue weighted by Crippen LogP contribution is 2.20. The van der Waals surface area contributed by atoms with Crippen molar-refractivity contribution in [2.45, 2.75) is 19.4 Å². The molecule has 88 valence electrons. The lowest BCUT2D eigenvalue weighted by atomic mass is 10.1. The molecule has 1 aliphatic heterocycles. The summed E-state index contributed by atoms with van der Waals surface area (Å²) in [5, 5.41) is 8.88. The van der Waals surface area contributed by atoms with E-state index in [4.69, 9.17) is 10.8 Å². The number of likely N-dealkylation sites (tertiary alicyclic amines) is 1. The maximum absolute atomic E-state index is 8.88. The van der Waals surface area contributed by atoms with Gasteiger partial charge in [0.2, 0.25) is 0 Å². The van der Waals surface area contributed by atoms with Crippen molar-refractivity contribution in [2.24, 2.45) is 5.92 Å². The van der Waals surface area contributed by atoms with E-state index >= 15 is 0 Å². The molecule has 5 nitrogen and oxygen atoms in total. The smallest absolute Gasteiger partial charge is 0.141 e. The molecule has 0 radical (unpaired) electrons. The molecule has 3 N–H and O–H groups in total. The highest BCUT2D eigenvalue weighted by atomic mass is 16.3. The van der Waals surface area contributed by atoms with Crippen molar-refractivity contribution < 1.29 is 5.11 Å². The number of nitrogen functional groups attached to an aromatic ring is 1. The Morgan fingerprint density at radius 3 is 3.00 bits per heavy atom. The van der Waals surface area contributed by atoms with Crippen molar-refractivity contribution in [2.75, 3.05) is 25.4 Å². The fourth-order valence-electron chi connectivity index (χ4n) is 2.15. The Kier molecular flexibility index (Phi) is 3.69. The van der Waals surface area contributed by atoms with Gasteiger partial charge >= 0.3 is 0 Å². The first-order chi connectivity index (χ1) is 7.78. The first-order valence-electron chi connectivity index (χ1n) is 5.67. The molecule has 1 atom stereocenters. The highest BCUT2D eigenvalue weighted by Gasteiger charge is 2.22. The third-order valence-corrected chi connectivity index (χ3v) is 3.02. The van der Waals surface area contributed by atoms with Crippen molar-refractivity contribution >= 4 is 5.82 Å². The summed E-state index contributed by atoms with van der Waals surface area (Å²) in [6, 6.07) is 0. The topological polar surface area (TPSA) is 75.3 Å². The first kappa shape index (κ1) is 11.3. The Hall–Kier alpha value is -1.20. The van der Waals surface area contributed by atoms with Gasteiger partial charge in [0.1, 0.15) is 5.82 Å². The van der Waals surface area contributed by atoms with Gasteiger partial charge in [-0.15, -0.1) is 0 Å². The lowest BCUT2D eigenvalue weighted by Gasteiger charge is -2.14. The standard InChI is InChI=1S/C11H18N4O/c12-11-6-13-10(5-14-11)8-15-3-1-9(7-15)2-4-16/h5-6,9,16H,1-4,7-8H2,(H2,12,14). The summed E-state index contributed by atoms with van der Waals surface area (Å²) < 4.78 is 0. The molecule has 1 aliphatic rings. The van der Waals surface area contributed by atoms with Gasteiger partial charge in [0.15, 0.2) is 0 Å². The molecular weight excluding hydrogens is 204 g/mol. The van der Waals surface area contributed by atoms with Crippen molar-refractivity contribution in [3.8, 4) is 0 Å². The third kappa shape index (κ3) is 2.90. The number of anilines is 1. The lowest BCUT2D eigenvalue weighted by Crippen LogP contribution is -2.21. The molecule has 1 saturated heterocycles. The third-order valence-electron chi connectivity index (χ3n) is 3.02. The van der Waals surface area contributed by atoms with Crippen LogP contribution in [0.15, 0.2) is 12.4 Å². The Labute approximate surface area is 95.3 Å². The van der Waals surface area contributed by atoms with Crippen LogP contribution in [0.4, 0.5) is 5.82 Å². The van der Waals surface area contributed by atoms with Gasteiger partial charge in [-0.1, -0.05) is 0 Å². The molecule has 2 rings (SSSR count). The molecule has 0 bridgehead atoms. The number of rotatable bonds is 4. The van der Waals surface area contributed by atoms with Crippen molar-refractivity contribution in [3.05, 3.63) is 18.1 Å². The van der Waals surface area contributed by atoms with Gasteiger partial charge < -0.3 is 10.8 Å². The Morgan fingerprint density at radius 2 is 2.31 bits per heavy atom. The molecule has 0 amide bonds. The molecule has 0 aromatic carbocycles. The van der Waals surface area contributed by atoms with Gasteiger partial charge in [0.05, 0.1) is 18.1 Å². The monoisotopic (exact) mass is 222 g/mol. The van der Waals surface area contributed by atoms with Crippen LogP contribution in [-0.2, 0) is 6.54 Å². The molecule has 0 aliphatic carbocycles. The van der Waals surface area contributed by atoms with Gasteiger partial charge in [-0.25, -0.2) is 4.98 Å². The Morgan fingerprint density at radius 1 is 1.44 bits per heavy atom. The van der Waals surface area contributed by atoms with E-state index in [1.807, 2.05) is 0 Å². The minimum Gasteiger partial charge on any atom is -0.396 e. The second-order valence-electron chi connectivity index (χ2n) is 4.33. The number of aliphatic hydroxyl groups excluding tert-OH is 1. The molecule has 1 fully saturated rings. The van der Waals surface area contributed by atoms with E-state index in [0.717, 1.165) is 31.7 Å². The second kappa shape index (κ2) is 5.23. The molecule has 2 heterocycles. The zero-order valence-corrected chi connectivity index (χ0v) is 9.34. The minimum absolute atomic E-state index is 0.292. The average Bonchev–Trinajstić information content (AvgIpc) is 2.70. The van der Waals surface area contributed by atoms with E-state index in [2.05, 4.69) is 14.9 Å². The number of aliphatic hydroxyl groups is 1. The molecule has 0 spiro atoms. The maximum atomic E-state index is 8.88. The van der Waals surface area contributed by atoms with Crippen LogP contribution in [-0.4, -0.2) is 39.7 Å². The fraction of sp³-hybridized carbons (Fsp3) is 0.636. The largest absolute Gasteiger partial charge is 0.396 e. The SMILES string of the molecule is Nc1cnc(CN2CCC(CCO)C2)cn1. The lowest BCUT2D eigenvalue weighted by molar-refractivity contribution is 0.249. The van der Waals surface area contributed by atoms with E-state index < -0.39 is 0 Å². The highest BCUT2D eigenvalue weighted by molar-refractivity contribution is 5.22. The predicted octanol–water partition coefficient (Wildman–Crippen LogP) is 0.263.